The van der Waals surface area contributed by atoms with Gasteiger partial charge in [-0.2, -0.15) is 18.4 Å². The van der Waals surface area contributed by atoms with Crippen LogP contribution in [0.3, 0.4) is 0 Å². The molecule has 0 bridgehead atoms. The number of nitrogens with one attached hydrogen (secondary N) is 1. The maximum Gasteiger partial charge on any atom is 0.416 e. The first-order chi connectivity index (χ1) is 19.5. The average Bonchev–Trinajstić information content (AvgIpc) is 3.54. The molecule has 2 aliphatic heterocycles. The van der Waals surface area contributed by atoms with Crippen molar-refractivity contribution in [3.8, 4) is 17.5 Å². The monoisotopic (exact) mass is 568 g/mol. The van der Waals surface area contributed by atoms with Gasteiger partial charge in [-0.25, -0.2) is 4.39 Å². The molecule has 0 saturated carbocycles. The first kappa shape index (κ1) is 28.6. The van der Waals surface area contributed by atoms with E-state index in [1.54, 1.807) is 6.20 Å². The number of rotatable bonds is 6. The minimum atomic E-state index is -4.55. The normalized spacial score (nSPS) is 21.0. The second-order valence-corrected chi connectivity index (χ2v) is 11.0. The van der Waals surface area contributed by atoms with Gasteiger partial charge in [0, 0.05) is 51.7 Å². The molecule has 1 aromatic carbocycles. The summed E-state index contributed by atoms with van der Waals surface area (Å²) in [6, 6.07) is 12.6. The molecule has 2 aliphatic rings. The topological polar surface area (TPSA) is 77.2 Å². The van der Waals surface area contributed by atoms with Crippen LogP contribution in [0.5, 0.6) is 0 Å². The number of anilines is 1. The molecule has 0 spiro atoms. The Morgan fingerprint density at radius 1 is 1.17 bits per heavy atom. The summed E-state index contributed by atoms with van der Waals surface area (Å²) < 4.78 is 55.6. The van der Waals surface area contributed by atoms with Gasteiger partial charge in [-0.05, 0) is 68.3 Å². The van der Waals surface area contributed by atoms with E-state index in [9.17, 15) is 27.6 Å². The molecular formula is C30H32F4N6O. The number of benzene rings is 1. The van der Waals surface area contributed by atoms with Crippen molar-refractivity contribution in [2.75, 3.05) is 38.1 Å². The predicted octanol–water partition coefficient (Wildman–Crippen LogP) is 4.67. The van der Waals surface area contributed by atoms with Crippen LogP contribution in [0.1, 0.15) is 36.0 Å². The van der Waals surface area contributed by atoms with E-state index in [0.717, 1.165) is 29.1 Å². The van der Waals surface area contributed by atoms with E-state index in [2.05, 4.69) is 10.3 Å². The van der Waals surface area contributed by atoms with Crippen molar-refractivity contribution in [2.24, 2.45) is 7.05 Å². The van der Waals surface area contributed by atoms with Gasteiger partial charge < -0.3 is 14.8 Å². The smallest absolute Gasteiger partial charge is 0.370 e. The number of hydrogen-bond acceptors (Lipinski definition) is 5. The van der Waals surface area contributed by atoms with Crippen molar-refractivity contribution in [2.45, 2.75) is 43.1 Å². The van der Waals surface area contributed by atoms with Crippen LogP contribution in [0, 0.1) is 11.3 Å². The average molecular weight is 569 g/mol. The number of carbonyl (C=O) groups is 1. The van der Waals surface area contributed by atoms with Crippen LogP contribution in [0.25, 0.3) is 11.4 Å². The summed E-state index contributed by atoms with van der Waals surface area (Å²) in [6.45, 7) is 1.35. The number of nitrogens with zero attached hydrogens (tertiary/aromatic N) is 5. The second kappa shape index (κ2) is 11.2. The highest BCUT2D eigenvalue weighted by Gasteiger charge is 2.44. The third-order valence-corrected chi connectivity index (χ3v) is 8.49. The quantitative estimate of drug-likeness (QED) is 0.438. The van der Waals surface area contributed by atoms with Gasteiger partial charge in [0.1, 0.15) is 12.2 Å². The van der Waals surface area contributed by atoms with E-state index in [1.165, 1.54) is 6.07 Å². The Labute approximate surface area is 236 Å². The summed E-state index contributed by atoms with van der Waals surface area (Å²) in [6.07, 6.45) is -0.747. The van der Waals surface area contributed by atoms with Gasteiger partial charge in [0.15, 0.2) is 0 Å². The van der Waals surface area contributed by atoms with Gasteiger partial charge in [0.05, 0.1) is 33.6 Å². The number of amides is 1. The fraction of sp³-hybridized carbons (Fsp3) is 0.433. The summed E-state index contributed by atoms with van der Waals surface area (Å²) in [5.41, 5.74) is 0.967. The maximum absolute atomic E-state index is 13.9. The van der Waals surface area contributed by atoms with E-state index in [0.29, 0.717) is 51.1 Å². The number of carbonyl (C=O) groups excluding carboxylic acids is 1. The van der Waals surface area contributed by atoms with Crippen molar-refractivity contribution < 1.29 is 22.4 Å². The molecule has 216 valence electrons. The molecule has 5 rings (SSSR count). The highest BCUT2D eigenvalue weighted by Crippen LogP contribution is 2.39. The van der Waals surface area contributed by atoms with Crippen LogP contribution in [0.4, 0.5) is 23.2 Å². The summed E-state index contributed by atoms with van der Waals surface area (Å²) in [7, 11) is 3.77. The van der Waals surface area contributed by atoms with Crippen LogP contribution in [-0.2, 0) is 23.4 Å². The Kier molecular flexibility index (Phi) is 7.79. The highest BCUT2D eigenvalue weighted by molar-refractivity contribution is 5.89. The minimum Gasteiger partial charge on any atom is -0.370 e. The lowest BCUT2D eigenvalue weighted by molar-refractivity contribution is -0.137. The standard InChI is InChI=1S/C30H32F4N6O/c1-38-11-3-4-27(38)25-7-5-22(17-36-25)29(28(41)37-18-24-15-23(31)19-39(24)2)9-12-40(13-10-29)26-8-6-21(30(32,33)34)14-20(26)16-35/h3-8,11,14,17,23-24H,9-10,12-13,15,18-19H2,1-2H3,(H,37,41)/t23-,24+/m1/s1. The van der Waals surface area contributed by atoms with Crippen molar-refractivity contribution in [1.82, 2.24) is 19.8 Å². The zero-order valence-corrected chi connectivity index (χ0v) is 23.0. The van der Waals surface area contributed by atoms with Crippen LogP contribution in [-0.4, -0.2) is 65.8 Å². The number of alkyl halides is 4. The molecule has 41 heavy (non-hydrogen) atoms. The van der Waals surface area contributed by atoms with Crippen molar-refractivity contribution in [3.63, 3.8) is 0 Å². The third kappa shape index (κ3) is 5.66. The molecule has 0 aliphatic carbocycles. The Bertz CT molecular complexity index is 1440. The summed E-state index contributed by atoms with van der Waals surface area (Å²) in [5, 5.41) is 12.7. The third-order valence-electron chi connectivity index (χ3n) is 8.49. The molecule has 3 aromatic rings. The second-order valence-electron chi connectivity index (χ2n) is 11.0. The Balaban J connectivity index is 1.41. The summed E-state index contributed by atoms with van der Waals surface area (Å²) >= 11 is 0. The fourth-order valence-electron chi connectivity index (χ4n) is 6.04. The Hall–Kier alpha value is -3.91. The van der Waals surface area contributed by atoms with E-state index in [-0.39, 0.29) is 17.5 Å². The summed E-state index contributed by atoms with van der Waals surface area (Å²) in [4.78, 5) is 22.3. The molecule has 4 heterocycles. The number of likely N-dealkylation sites (N-methyl/N-ethyl adjacent to an activating group) is 1. The van der Waals surface area contributed by atoms with Crippen LogP contribution < -0.4 is 10.2 Å². The number of halogens is 4. The van der Waals surface area contributed by atoms with Gasteiger partial charge in [-0.3, -0.25) is 14.7 Å². The van der Waals surface area contributed by atoms with Crippen LogP contribution in [0.15, 0.2) is 54.9 Å². The van der Waals surface area contributed by atoms with Crippen molar-refractivity contribution >= 4 is 11.6 Å². The number of aromatic nitrogens is 2. The van der Waals surface area contributed by atoms with E-state index in [1.807, 2.05) is 65.0 Å². The molecule has 1 amide bonds. The number of hydrogen-bond donors (Lipinski definition) is 1. The van der Waals surface area contributed by atoms with E-state index < -0.39 is 23.3 Å². The zero-order valence-electron chi connectivity index (χ0n) is 23.0. The SMILES string of the molecule is CN1C[C@H](F)C[C@H]1CNC(=O)C1(c2ccc(-c3cccn3C)nc2)CCN(c2ccc(C(F)(F)F)cc2C#N)CC1. The molecule has 2 saturated heterocycles. The molecule has 7 nitrogen and oxygen atoms in total. The largest absolute Gasteiger partial charge is 0.416 e. The van der Waals surface area contributed by atoms with Gasteiger partial charge >= 0.3 is 6.18 Å². The van der Waals surface area contributed by atoms with Gasteiger partial charge in [-0.1, -0.05) is 6.07 Å². The predicted molar refractivity (Wildman–Crippen MR) is 147 cm³/mol. The molecule has 11 heteroatoms. The maximum atomic E-state index is 13.9. The zero-order chi connectivity index (χ0) is 29.4. The van der Waals surface area contributed by atoms with E-state index in [4.69, 9.17) is 0 Å². The Morgan fingerprint density at radius 3 is 2.49 bits per heavy atom. The number of likely N-dealkylation sites (tertiary alicyclic amines) is 1. The number of pyridine rings is 1. The summed E-state index contributed by atoms with van der Waals surface area (Å²) in [5.74, 6) is -0.186. The van der Waals surface area contributed by atoms with Gasteiger partial charge in [0.25, 0.3) is 0 Å². The molecule has 2 atom stereocenters. The first-order valence-corrected chi connectivity index (χ1v) is 13.6. The Morgan fingerprint density at radius 2 is 1.93 bits per heavy atom. The highest BCUT2D eigenvalue weighted by atomic mass is 19.4. The lowest BCUT2D eigenvalue weighted by atomic mass is 9.72. The van der Waals surface area contributed by atoms with Crippen molar-refractivity contribution in [1.29, 1.82) is 5.26 Å². The van der Waals surface area contributed by atoms with Gasteiger partial charge in [-0.15, -0.1) is 0 Å². The molecule has 0 unspecified atom stereocenters. The van der Waals surface area contributed by atoms with E-state index >= 15 is 0 Å². The first-order valence-electron chi connectivity index (χ1n) is 13.6. The molecular weight excluding hydrogens is 536 g/mol. The number of piperidine rings is 1. The number of aryl methyl sites for hydroxylation is 1. The fourth-order valence-corrected chi connectivity index (χ4v) is 6.04. The minimum absolute atomic E-state index is 0.0598. The lowest BCUT2D eigenvalue weighted by Gasteiger charge is -2.42. The van der Waals surface area contributed by atoms with Crippen molar-refractivity contribution in [3.05, 3.63) is 71.5 Å². The molecule has 2 fully saturated rings. The lowest BCUT2D eigenvalue weighted by Crippen LogP contribution is -2.53. The van der Waals surface area contributed by atoms with Crippen LogP contribution in [0.2, 0.25) is 0 Å². The van der Waals surface area contributed by atoms with Gasteiger partial charge in [0.2, 0.25) is 5.91 Å². The molecule has 0 radical (unpaired) electrons. The van der Waals surface area contributed by atoms with Crippen LogP contribution >= 0.6 is 0 Å². The molecule has 2 aromatic heterocycles. The number of nitriles is 1. The molecule has 1 N–H and O–H groups in total.